The lowest BCUT2D eigenvalue weighted by Crippen LogP contribution is -2.57. The molecule has 0 aliphatic carbocycles. The van der Waals surface area contributed by atoms with Crippen LogP contribution in [0.15, 0.2) is 40.5 Å². The number of aliphatic hydroxyl groups is 1. The average molecular weight is 428 g/mol. The van der Waals surface area contributed by atoms with E-state index in [1.807, 2.05) is 12.1 Å². The van der Waals surface area contributed by atoms with Gasteiger partial charge in [0.05, 0.1) is 25.8 Å². The number of nitrogens with zero attached hydrogens (tertiary/aromatic N) is 3. The van der Waals surface area contributed by atoms with Crippen molar-refractivity contribution in [2.45, 2.75) is 73.5 Å². The molecule has 0 aromatic heterocycles. The lowest BCUT2D eigenvalue weighted by molar-refractivity contribution is 0.0757. The topological polar surface area (TPSA) is 48.3 Å². The van der Waals surface area contributed by atoms with E-state index >= 15 is 0 Å². The zero-order chi connectivity index (χ0) is 23.0. The van der Waals surface area contributed by atoms with E-state index in [1.165, 1.54) is 16.8 Å². The van der Waals surface area contributed by atoms with Crippen molar-refractivity contribution in [2.24, 2.45) is 15.8 Å². The molecular weight excluding hydrogens is 386 g/mol. The molecule has 0 amide bonds. The van der Waals surface area contributed by atoms with Gasteiger partial charge in [0.2, 0.25) is 0 Å². The summed E-state index contributed by atoms with van der Waals surface area (Å²) in [5, 5.41) is 10.2. The van der Waals surface area contributed by atoms with Crippen molar-refractivity contribution < 1.29 is 9.84 Å². The Morgan fingerprint density at radius 1 is 1.10 bits per heavy atom. The Hall–Kier alpha value is -1.85. The van der Waals surface area contributed by atoms with Crippen LogP contribution in [-0.4, -0.2) is 59.6 Å². The van der Waals surface area contributed by atoms with Gasteiger partial charge in [-0.2, -0.15) is 0 Å². The van der Waals surface area contributed by atoms with E-state index in [9.17, 15) is 5.11 Å². The molecular formula is C26H41N3O2. The maximum Gasteiger partial charge on any atom is 0.118 e. The SMILES string of the molecule is CCC1=N[C@@H](C(C)(C)C)C(C(C)(C)C)=C2CN(Cc3ccc(OC)cc3)[C@@H](CO)CN12. The highest BCUT2D eigenvalue weighted by Gasteiger charge is 2.43. The van der Waals surface area contributed by atoms with Gasteiger partial charge >= 0.3 is 0 Å². The Bertz CT molecular complexity index is 828. The molecule has 2 heterocycles. The number of rotatable bonds is 5. The summed E-state index contributed by atoms with van der Waals surface area (Å²) in [5.74, 6) is 2.03. The van der Waals surface area contributed by atoms with Gasteiger partial charge in [0.1, 0.15) is 11.6 Å². The number of methoxy groups -OCH3 is 1. The Morgan fingerprint density at radius 3 is 2.23 bits per heavy atom. The second-order valence-corrected chi connectivity index (χ2v) is 11.0. The molecule has 1 aromatic rings. The van der Waals surface area contributed by atoms with E-state index in [4.69, 9.17) is 9.73 Å². The average Bonchev–Trinajstić information content (AvgIpc) is 2.71. The predicted molar refractivity (Wildman–Crippen MR) is 128 cm³/mol. The summed E-state index contributed by atoms with van der Waals surface area (Å²) in [6, 6.07) is 8.51. The van der Waals surface area contributed by atoms with Gasteiger partial charge in [-0.3, -0.25) is 9.89 Å². The van der Waals surface area contributed by atoms with E-state index in [0.29, 0.717) is 0 Å². The molecule has 1 fully saturated rings. The van der Waals surface area contributed by atoms with E-state index in [-0.39, 0.29) is 29.5 Å². The molecule has 3 rings (SSSR count). The molecule has 2 atom stereocenters. The Labute approximate surface area is 188 Å². The van der Waals surface area contributed by atoms with Gasteiger partial charge in [-0.25, -0.2) is 0 Å². The van der Waals surface area contributed by atoms with Crippen LogP contribution in [0.1, 0.15) is 60.5 Å². The minimum absolute atomic E-state index is 0.0200. The third kappa shape index (κ3) is 4.98. The van der Waals surface area contributed by atoms with Crippen LogP contribution in [0.2, 0.25) is 0 Å². The van der Waals surface area contributed by atoms with Crippen LogP contribution < -0.4 is 4.74 Å². The fraction of sp³-hybridized carbons (Fsp3) is 0.654. The van der Waals surface area contributed by atoms with E-state index in [0.717, 1.165) is 37.6 Å². The summed E-state index contributed by atoms with van der Waals surface area (Å²) in [7, 11) is 1.69. The largest absolute Gasteiger partial charge is 0.497 e. The zero-order valence-corrected chi connectivity index (χ0v) is 20.7. The fourth-order valence-electron chi connectivity index (χ4n) is 4.85. The first-order valence-electron chi connectivity index (χ1n) is 11.5. The van der Waals surface area contributed by atoms with Crippen LogP contribution in [0.25, 0.3) is 0 Å². The minimum atomic E-state index is 0.0200. The van der Waals surface area contributed by atoms with E-state index < -0.39 is 0 Å². The molecule has 1 N–H and O–H groups in total. The molecule has 172 valence electrons. The molecule has 2 aliphatic rings. The quantitative estimate of drug-likeness (QED) is 0.739. The first-order chi connectivity index (χ1) is 14.5. The molecule has 0 saturated carbocycles. The Kier molecular flexibility index (Phi) is 6.87. The summed E-state index contributed by atoms with van der Waals surface area (Å²) in [5.41, 5.74) is 4.13. The summed E-state index contributed by atoms with van der Waals surface area (Å²) < 4.78 is 5.31. The van der Waals surface area contributed by atoms with Crippen LogP contribution >= 0.6 is 0 Å². The number of piperazine rings is 1. The monoisotopic (exact) mass is 427 g/mol. The number of benzene rings is 1. The molecule has 0 spiro atoms. The summed E-state index contributed by atoms with van der Waals surface area (Å²) in [4.78, 5) is 10.1. The van der Waals surface area contributed by atoms with Gasteiger partial charge < -0.3 is 14.7 Å². The highest BCUT2D eigenvalue weighted by Crippen LogP contribution is 2.44. The number of fused-ring (bicyclic) bond motifs is 1. The summed E-state index contributed by atoms with van der Waals surface area (Å²) in [6.07, 6.45) is 0.907. The molecule has 5 nitrogen and oxygen atoms in total. The van der Waals surface area contributed by atoms with Crippen molar-refractivity contribution in [1.29, 1.82) is 0 Å². The summed E-state index contributed by atoms with van der Waals surface area (Å²) >= 11 is 0. The second kappa shape index (κ2) is 8.95. The molecule has 5 heteroatoms. The molecule has 0 radical (unpaired) electrons. The number of hydrogen-bond acceptors (Lipinski definition) is 5. The molecule has 31 heavy (non-hydrogen) atoms. The van der Waals surface area contributed by atoms with Crippen LogP contribution in [0, 0.1) is 10.8 Å². The number of aliphatic imine (C=N–C) groups is 1. The van der Waals surface area contributed by atoms with Gasteiger partial charge in [-0.15, -0.1) is 0 Å². The van der Waals surface area contributed by atoms with Crippen LogP contribution in [0.3, 0.4) is 0 Å². The first kappa shape index (κ1) is 23.8. The predicted octanol–water partition coefficient (Wildman–Crippen LogP) is 4.71. The van der Waals surface area contributed by atoms with Crippen molar-refractivity contribution in [3.8, 4) is 5.75 Å². The van der Waals surface area contributed by atoms with Gasteiger partial charge in [0.15, 0.2) is 0 Å². The lowest BCUT2D eigenvalue weighted by Gasteiger charge is -2.51. The third-order valence-corrected chi connectivity index (χ3v) is 6.46. The first-order valence-corrected chi connectivity index (χ1v) is 11.5. The van der Waals surface area contributed by atoms with Gasteiger partial charge in [0, 0.05) is 31.8 Å². The van der Waals surface area contributed by atoms with Crippen LogP contribution in [0.4, 0.5) is 0 Å². The molecule has 1 aromatic carbocycles. The highest BCUT2D eigenvalue weighted by molar-refractivity contribution is 5.86. The maximum atomic E-state index is 10.2. The third-order valence-electron chi connectivity index (χ3n) is 6.46. The Balaban J connectivity index is 2.02. The molecule has 0 bridgehead atoms. The smallest absolute Gasteiger partial charge is 0.118 e. The van der Waals surface area contributed by atoms with E-state index in [2.05, 4.69) is 70.4 Å². The maximum absolute atomic E-state index is 10.2. The number of hydrogen-bond donors (Lipinski definition) is 1. The normalized spacial score (nSPS) is 23.0. The van der Waals surface area contributed by atoms with Gasteiger partial charge in [-0.1, -0.05) is 60.6 Å². The van der Waals surface area contributed by atoms with Crippen molar-refractivity contribution in [3.05, 3.63) is 41.1 Å². The number of amidine groups is 1. The van der Waals surface area contributed by atoms with Crippen LogP contribution in [-0.2, 0) is 6.54 Å². The minimum Gasteiger partial charge on any atom is -0.497 e. The molecule has 2 aliphatic heterocycles. The standard InChI is InChI=1S/C26H41N3O2/c1-9-22-27-24(26(5,6)7)23(25(2,3)4)21-16-28(19(17-30)15-29(21)22)14-18-10-12-20(31-8)13-11-18/h10-13,19,24,30H,9,14-17H2,1-8H3/t19-,24-/m1/s1. The molecule has 1 saturated heterocycles. The lowest BCUT2D eigenvalue weighted by atomic mass is 9.70. The van der Waals surface area contributed by atoms with Crippen molar-refractivity contribution in [3.63, 3.8) is 0 Å². The second-order valence-electron chi connectivity index (χ2n) is 11.0. The Morgan fingerprint density at radius 2 is 1.74 bits per heavy atom. The molecule has 0 unspecified atom stereocenters. The fourth-order valence-corrected chi connectivity index (χ4v) is 4.85. The van der Waals surface area contributed by atoms with Crippen molar-refractivity contribution in [1.82, 2.24) is 9.80 Å². The summed E-state index contributed by atoms with van der Waals surface area (Å²) in [6.45, 7) is 18.6. The van der Waals surface area contributed by atoms with Crippen LogP contribution in [0.5, 0.6) is 5.75 Å². The van der Waals surface area contributed by atoms with Gasteiger partial charge in [-0.05, 0) is 34.1 Å². The van der Waals surface area contributed by atoms with Gasteiger partial charge in [0.25, 0.3) is 0 Å². The highest BCUT2D eigenvalue weighted by atomic mass is 16.5. The number of aliphatic hydroxyl groups excluding tert-OH is 1. The van der Waals surface area contributed by atoms with Crippen molar-refractivity contribution >= 4 is 5.84 Å². The zero-order valence-electron chi connectivity index (χ0n) is 20.7. The van der Waals surface area contributed by atoms with Crippen molar-refractivity contribution in [2.75, 3.05) is 26.8 Å². The van der Waals surface area contributed by atoms with E-state index in [1.54, 1.807) is 7.11 Å². The number of ether oxygens (including phenoxy) is 1.